The molecule has 0 aliphatic heterocycles. The maximum Gasteiger partial charge on any atom is 0.188 e. The molecule has 68 valence electrons. The minimum Gasteiger partial charge on any atom is -0.324 e. The number of rotatable bonds is 3. The molecule has 1 aromatic carbocycles. The average Bonchev–Trinajstić information content (AvgIpc) is 2.16. The van der Waals surface area contributed by atoms with Gasteiger partial charge < -0.3 is 5.43 Å². The lowest BCUT2D eigenvalue weighted by atomic mass is 10.1. The average molecular weight is 176 g/mol. The van der Waals surface area contributed by atoms with E-state index >= 15 is 0 Å². The summed E-state index contributed by atoms with van der Waals surface area (Å²) in [4.78, 5) is 11.4. The number of benzene rings is 1. The molecule has 13 heavy (non-hydrogen) atoms. The van der Waals surface area contributed by atoms with Gasteiger partial charge >= 0.3 is 0 Å². The first kappa shape index (κ1) is 9.48. The first-order chi connectivity index (χ1) is 6.15. The highest BCUT2D eigenvalue weighted by Crippen LogP contribution is 2.12. The quantitative estimate of drug-likeness (QED) is 0.319. The molecule has 0 aliphatic carbocycles. The molecule has 0 radical (unpaired) electrons. The second-order valence-electron chi connectivity index (χ2n) is 2.83. The van der Waals surface area contributed by atoms with E-state index in [9.17, 15) is 4.79 Å². The van der Waals surface area contributed by atoms with Gasteiger partial charge in [0.1, 0.15) is 0 Å². The van der Waals surface area contributed by atoms with Gasteiger partial charge in [-0.05, 0) is 24.6 Å². The number of carbonyl (C=O) groups excluding carboxylic acids is 1. The van der Waals surface area contributed by atoms with Crippen LogP contribution < -0.4 is 11.3 Å². The maximum atomic E-state index is 11.4. The van der Waals surface area contributed by atoms with Crippen molar-refractivity contribution in [1.82, 2.24) is 0 Å². The van der Waals surface area contributed by atoms with Crippen LogP contribution in [-0.2, 0) is 0 Å². The van der Waals surface area contributed by atoms with E-state index in [2.05, 4.69) is 12.0 Å². The summed E-state index contributed by atoms with van der Waals surface area (Å²) in [6.45, 7) is 5.27. The first-order valence-electron chi connectivity index (χ1n) is 3.92. The van der Waals surface area contributed by atoms with Crippen LogP contribution in [0.3, 0.4) is 0 Å². The highest BCUT2D eigenvalue weighted by atomic mass is 16.1. The summed E-state index contributed by atoms with van der Waals surface area (Å²) in [5.74, 6) is 5.15. The Balaban J connectivity index is 3.02. The Kier molecular flexibility index (Phi) is 2.82. The second kappa shape index (κ2) is 3.87. The van der Waals surface area contributed by atoms with E-state index < -0.39 is 0 Å². The van der Waals surface area contributed by atoms with Crippen molar-refractivity contribution in [2.75, 3.05) is 5.43 Å². The summed E-state index contributed by atoms with van der Waals surface area (Å²) in [6, 6.07) is 6.98. The van der Waals surface area contributed by atoms with Gasteiger partial charge in [0.25, 0.3) is 0 Å². The van der Waals surface area contributed by atoms with Crippen molar-refractivity contribution in [3.05, 3.63) is 42.0 Å². The largest absolute Gasteiger partial charge is 0.324 e. The van der Waals surface area contributed by atoms with Crippen LogP contribution in [0.25, 0.3) is 0 Å². The zero-order chi connectivity index (χ0) is 9.84. The lowest BCUT2D eigenvalue weighted by molar-refractivity contribution is 0.103. The third-order valence-corrected chi connectivity index (χ3v) is 1.68. The van der Waals surface area contributed by atoms with Gasteiger partial charge in [0.15, 0.2) is 5.78 Å². The van der Waals surface area contributed by atoms with Crippen molar-refractivity contribution < 1.29 is 4.79 Å². The lowest BCUT2D eigenvalue weighted by Crippen LogP contribution is -2.08. The second-order valence-corrected chi connectivity index (χ2v) is 2.83. The fourth-order valence-electron chi connectivity index (χ4n) is 0.997. The summed E-state index contributed by atoms with van der Waals surface area (Å²) in [6.07, 6.45) is 0. The molecule has 0 bridgehead atoms. The summed E-state index contributed by atoms with van der Waals surface area (Å²) in [5.41, 5.74) is 4.32. The Morgan fingerprint density at radius 3 is 2.77 bits per heavy atom. The number of nitrogens with two attached hydrogens (primary N) is 1. The molecular formula is C10H12N2O. The topological polar surface area (TPSA) is 55.1 Å². The third-order valence-electron chi connectivity index (χ3n) is 1.68. The van der Waals surface area contributed by atoms with E-state index in [0.29, 0.717) is 16.8 Å². The molecule has 0 saturated heterocycles. The summed E-state index contributed by atoms with van der Waals surface area (Å²) in [5, 5.41) is 0. The van der Waals surface area contributed by atoms with Crippen molar-refractivity contribution in [3.63, 3.8) is 0 Å². The number of anilines is 1. The van der Waals surface area contributed by atoms with Crippen molar-refractivity contribution in [2.24, 2.45) is 5.84 Å². The van der Waals surface area contributed by atoms with Gasteiger partial charge in [0.05, 0.1) is 0 Å². The number of Topliss-reactive ketones (excluding diaryl/α,β-unsaturated/α-hetero) is 1. The maximum absolute atomic E-state index is 11.4. The zero-order valence-corrected chi connectivity index (χ0v) is 7.50. The SMILES string of the molecule is C=C(C)C(=O)c1cccc(NN)c1. The number of hydrogen-bond acceptors (Lipinski definition) is 3. The number of allylic oxidation sites excluding steroid dienone is 1. The molecule has 0 fully saturated rings. The summed E-state index contributed by atoms with van der Waals surface area (Å²) >= 11 is 0. The minimum atomic E-state index is -0.0582. The van der Waals surface area contributed by atoms with Crippen molar-refractivity contribution in [2.45, 2.75) is 6.92 Å². The van der Waals surface area contributed by atoms with Crippen LogP contribution in [0.4, 0.5) is 5.69 Å². The van der Waals surface area contributed by atoms with E-state index in [1.807, 2.05) is 0 Å². The predicted molar refractivity (Wildman–Crippen MR) is 53.4 cm³/mol. The zero-order valence-electron chi connectivity index (χ0n) is 7.50. The fraction of sp³-hybridized carbons (Fsp3) is 0.100. The van der Waals surface area contributed by atoms with Gasteiger partial charge in [0.2, 0.25) is 0 Å². The van der Waals surface area contributed by atoms with Crippen molar-refractivity contribution in [1.29, 1.82) is 0 Å². The monoisotopic (exact) mass is 176 g/mol. The molecule has 3 nitrogen and oxygen atoms in total. The Morgan fingerprint density at radius 1 is 1.54 bits per heavy atom. The molecule has 0 saturated carbocycles. The van der Waals surface area contributed by atoms with Gasteiger partial charge in [-0.3, -0.25) is 10.6 Å². The predicted octanol–water partition coefficient (Wildman–Crippen LogP) is 1.73. The molecule has 0 amide bonds. The van der Waals surface area contributed by atoms with E-state index in [0.717, 1.165) is 0 Å². The third kappa shape index (κ3) is 2.16. The van der Waals surface area contributed by atoms with Crippen LogP contribution in [0.2, 0.25) is 0 Å². The van der Waals surface area contributed by atoms with Crippen LogP contribution in [0, 0.1) is 0 Å². The van der Waals surface area contributed by atoms with E-state index in [1.54, 1.807) is 31.2 Å². The van der Waals surface area contributed by atoms with Crippen LogP contribution in [-0.4, -0.2) is 5.78 Å². The highest BCUT2D eigenvalue weighted by Gasteiger charge is 2.05. The standard InChI is InChI=1S/C10H12N2O/c1-7(2)10(13)8-4-3-5-9(6-8)12-11/h3-6,12H,1,11H2,2H3. The van der Waals surface area contributed by atoms with Crippen LogP contribution >= 0.6 is 0 Å². The number of ketones is 1. The van der Waals surface area contributed by atoms with Gasteiger partial charge in [0, 0.05) is 11.3 Å². The molecule has 0 spiro atoms. The molecule has 0 heterocycles. The lowest BCUT2D eigenvalue weighted by Gasteiger charge is -2.02. The fourth-order valence-corrected chi connectivity index (χ4v) is 0.997. The molecule has 3 heteroatoms. The Bertz CT molecular complexity index is 345. The van der Waals surface area contributed by atoms with E-state index in [1.165, 1.54) is 0 Å². The molecular weight excluding hydrogens is 164 g/mol. The highest BCUT2D eigenvalue weighted by molar-refractivity contribution is 6.08. The molecule has 0 aromatic heterocycles. The number of hydrazine groups is 1. The molecule has 0 aliphatic rings. The first-order valence-corrected chi connectivity index (χ1v) is 3.92. The van der Waals surface area contributed by atoms with Gasteiger partial charge in [-0.25, -0.2) is 0 Å². The Labute approximate surface area is 77.2 Å². The molecule has 1 aromatic rings. The van der Waals surface area contributed by atoms with Crippen LogP contribution in [0.5, 0.6) is 0 Å². The molecule has 1 rings (SSSR count). The van der Waals surface area contributed by atoms with Gasteiger partial charge in [-0.2, -0.15) is 0 Å². The smallest absolute Gasteiger partial charge is 0.188 e. The van der Waals surface area contributed by atoms with E-state index in [-0.39, 0.29) is 5.78 Å². The number of nitrogen functional groups attached to an aromatic ring is 1. The minimum absolute atomic E-state index is 0.0582. The molecule has 3 N–H and O–H groups in total. The van der Waals surface area contributed by atoms with Crippen LogP contribution in [0.15, 0.2) is 36.4 Å². The molecule has 0 atom stereocenters. The normalized spacial score (nSPS) is 9.38. The number of nitrogens with one attached hydrogen (secondary N) is 1. The molecule has 0 unspecified atom stereocenters. The summed E-state index contributed by atoms with van der Waals surface area (Å²) < 4.78 is 0. The number of carbonyl (C=O) groups is 1. The van der Waals surface area contributed by atoms with E-state index in [4.69, 9.17) is 5.84 Å². The van der Waals surface area contributed by atoms with Crippen LogP contribution in [0.1, 0.15) is 17.3 Å². The van der Waals surface area contributed by atoms with Gasteiger partial charge in [-0.15, -0.1) is 0 Å². The van der Waals surface area contributed by atoms with Crippen molar-refractivity contribution >= 4 is 11.5 Å². The summed E-state index contributed by atoms with van der Waals surface area (Å²) in [7, 11) is 0. The number of hydrogen-bond donors (Lipinski definition) is 2. The Morgan fingerprint density at radius 2 is 2.23 bits per heavy atom. The Hall–Kier alpha value is -1.61. The van der Waals surface area contributed by atoms with Gasteiger partial charge in [-0.1, -0.05) is 18.7 Å². The van der Waals surface area contributed by atoms with Crippen molar-refractivity contribution in [3.8, 4) is 0 Å².